The standard InChI is InChI=1S/C9H9BrN2O4/c1-11(16-2)9(13)6-3-4-7(10)8(5-6)12(14)15/h3-5H,1-2H3. The second-order valence-electron chi connectivity index (χ2n) is 2.91. The molecule has 0 unspecified atom stereocenters. The van der Waals surface area contributed by atoms with E-state index in [1.807, 2.05) is 0 Å². The third-order valence-corrected chi connectivity index (χ3v) is 2.62. The summed E-state index contributed by atoms with van der Waals surface area (Å²) in [5.41, 5.74) is 0.0367. The monoisotopic (exact) mass is 288 g/mol. The van der Waals surface area contributed by atoms with Gasteiger partial charge in [-0.05, 0) is 28.1 Å². The maximum atomic E-state index is 11.6. The Morgan fingerprint density at radius 3 is 2.69 bits per heavy atom. The minimum atomic E-state index is -0.562. The number of hydrogen-bond donors (Lipinski definition) is 0. The Morgan fingerprint density at radius 1 is 1.56 bits per heavy atom. The molecule has 6 nitrogen and oxygen atoms in total. The van der Waals surface area contributed by atoms with Gasteiger partial charge in [-0.1, -0.05) is 0 Å². The minimum absolute atomic E-state index is 0.157. The zero-order valence-electron chi connectivity index (χ0n) is 8.64. The van der Waals surface area contributed by atoms with Gasteiger partial charge >= 0.3 is 0 Å². The second kappa shape index (κ2) is 5.04. The highest BCUT2D eigenvalue weighted by Crippen LogP contribution is 2.25. The van der Waals surface area contributed by atoms with Gasteiger partial charge < -0.3 is 0 Å². The van der Waals surface area contributed by atoms with Crippen molar-refractivity contribution in [2.24, 2.45) is 0 Å². The number of nitro benzene ring substituents is 1. The van der Waals surface area contributed by atoms with E-state index in [1.165, 1.54) is 32.4 Å². The molecule has 0 fully saturated rings. The Balaban J connectivity index is 3.13. The van der Waals surface area contributed by atoms with Gasteiger partial charge in [-0.15, -0.1) is 0 Å². The number of hydrogen-bond acceptors (Lipinski definition) is 4. The van der Waals surface area contributed by atoms with E-state index in [4.69, 9.17) is 4.84 Å². The maximum Gasteiger partial charge on any atom is 0.284 e. The third-order valence-electron chi connectivity index (χ3n) is 1.95. The zero-order valence-corrected chi connectivity index (χ0v) is 10.2. The number of halogens is 1. The summed E-state index contributed by atoms with van der Waals surface area (Å²) in [5, 5.41) is 11.6. The van der Waals surface area contributed by atoms with E-state index in [-0.39, 0.29) is 11.3 Å². The van der Waals surface area contributed by atoms with Crippen LogP contribution in [0.4, 0.5) is 5.69 Å². The van der Waals surface area contributed by atoms with Crippen LogP contribution in [0.2, 0.25) is 0 Å². The Kier molecular flexibility index (Phi) is 3.97. The number of rotatable bonds is 3. The van der Waals surface area contributed by atoms with Crippen LogP contribution in [-0.4, -0.2) is 30.1 Å². The molecule has 0 radical (unpaired) electrons. The molecular formula is C9H9BrN2O4. The van der Waals surface area contributed by atoms with E-state index in [0.717, 1.165) is 5.06 Å². The fourth-order valence-electron chi connectivity index (χ4n) is 1.05. The molecule has 0 spiro atoms. The number of carbonyl (C=O) groups excluding carboxylic acids is 1. The van der Waals surface area contributed by atoms with Crippen LogP contribution in [0.5, 0.6) is 0 Å². The summed E-state index contributed by atoms with van der Waals surface area (Å²) < 4.78 is 0.328. The van der Waals surface area contributed by atoms with Crippen molar-refractivity contribution in [3.8, 4) is 0 Å². The summed E-state index contributed by atoms with van der Waals surface area (Å²) >= 11 is 3.04. The fourth-order valence-corrected chi connectivity index (χ4v) is 1.44. The number of hydroxylamine groups is 2. The molecule has 0 aliphatic rings. The largest absolute Gasteiger partial charge is 0.284 e. The molecule has 0 aliphatic carbocycles. The fraction of sp³-hybridized carbons (Fsp3) is 0.222. The SMILES string of the molecule is CON(C)C(=O)c1ccc(Br)c([N+](=O)[O-])c1. The lowest BCUT2D eigenvalue weighted by atomic mass is 10.2. The van der Waals surface area contributed by atoms with Gasteiger partial charge in [0.1, 0.15) is 0 Å². The molecule has 0 N–H and O–H groups in total. The van der Waals surface area contributed by atoms with Crippen LogP contribution >= 0.6 is 15.9 Å². The van der Waals surface area contributed by atoms with Gasteiger partial charge in [0, 0.05) is 18.7 Å². The molecule has 0 aromatic heterocycles. The molecule has 0 saturated heterocycles. The van der Waals surface area contributed by atoms with Gasteiger partial charge in [-0.25, -0.2) is 5.06 Å². The predicted molar refractivity (Wildman–Crippen MR) is 59.9 cm³/mol. The van der Waals surface area contributed by atoms with Crippen LogP contribution in [0.1, 0.15) is 10.4 Å². The van der Waals surface area contributed by atoms with Gasteiger partial charge in [-0.2, -0.15) is 0 Å². The number of nitro groups is 1. The third kappa shape index (κ3) is 2.56. The summed E-state index contributed by atoms with van der Waals surface area (Å²) in [6.07, 6.45) is 0. The predicted octanol–water partition coefficient (Wildman–Crippen LogP) is 1.99. The number of carbonyl (C=O) groups is 1. The van der Waals surface area contributed by atoms with Crippen molar-refractivity contribution in [1.29, 1.82) is 0 Å². The molecule has 86 valence electrons. The van der Waals surface area contributed by atoms with Gasteiger partial charge in [0.25, 0.3) is 11.6 Å². The van der Waals surface area contributed by atoms with Crippen molar-refractivity contribution in [1.82, 2.24) is 5.06 Å². The van der Waals surface area contributed by atoms with Crippen LogP contribution in [0.15, 0.2) is 22.7 Å². The molecule has 0 aliphatic heterocycles. The van der Waals surface area contributed by atoms with Gasteiger partial charge in [0.2, 0.25) is 0 Å². The second-order valence-corrected chi connectivity index (χ2v) is 3.76. The topological polar surface area (TPSA) is 72.7 Å². The lowest BCUT2D eigenvalue weighted by molar-refractivity contribution is -0.385. The maximum absolute atomic E-state index is 11.6. The molecule has 16 heavy (non-hydrogen) atoms. The van der Waals surface area contributed by atoms with E-state index in [1.54, 1.807) is 0 Å². The van der Waals surface area contributed by atoms with Crippen LogP contribution in [0, 0.1) is 10.1 Å². The molecule has 1 aromatic carbocycles. The molecule has 0 saturated carbocycles. The Labute approximate surface area is 100 Å². The summed E-state index contributed by atoms with van der Waals surface area (Å²) in [6.45, 7) is 0. The van der Waals surface area contributed by atoms with Crippen molar-refractivity contribution >= 4 is 27.5 Å². The molecular weight excluding hydrogens is 280 g/mol. The molecule has 0 heterocycles. The Morgan fingerprint density at radius 2 is 2.19 bits per heavy atom. The Hall–Kier alpha value is -1.47. The van der Waals surface area contributed by atoms with Crippen LogP contribution in [0.25, 0.3) is 0 Å². The highest BCUT2D eigenvalue weighted by molar-refractivity contribution is 9.10. The smallest absolute Gasteiger partial charge is 0.274 e. The first-order valence-electron chi connectivity index (χ1n) is 4.23. The molecule has 1 aromatic rings. The van der Waals surface area contributed by atoms with E-state index < -0.39 is 10.8 Å². The normalized spacial score (nSPS) is 9.94. The molecule has 0 atom stereocenters. The van der Waals surface area contributed by atoms with Gasteiger partial charge in [0.05, 0.1) is 16.5 Å². The lowest BCUT2D eigenvalue weighted by Crippen LogP contribution is -2.25. The van der Waals surface area contributed by atoms with E-state index >= 15 is 0 Å². The summed E-state index contributed by atoms with van der Waals surface area (Å²) in [7, 11) is 2.77. The van der Waals surface area contributed by atoms with E-state index in [9.17, 15) is 14.9 Å². The molecule has 1 rings (SSSR count). The number of amides is 1. The van der Waals surface area contributed by atoms with Crippen molar-refractivity contribution in [3.05, 3.63) is 38.3 Å². The van der Waals surface area contributed by atoms with Gasteiger partial charge in [-0.3, -0.25) is 19.7 Å². The summed E-state index contributed by atoms with van der Waals surface area (Å²) in [6, 6.07) is 4.13. The molecule has 7 heteroatoms. The average molecular weight is 289 g/mol. The minimum Gasteiger partial charge on any atom is -0.274 e. The van der Waals surface area contributed by atoms with E-state index in [2.05, 4.69) is 15.9 Å². The molecule has 0 bridgehead atoms. The average Bonchev–Trinajstić information content (AvgIpc) is 2.27. The zero-order chi connectivity index (χ0) is 12.3. The van der Waals surface area contributed by atoms with Crippen molar-refractivity contribution in [2.75, 3.05) is 14.2 Å². The lowest BCUT2D eigenvalue weighted by Gasteiger charge is -2.13. The first kappa shape index (κ1) is 12.6. The van der Waals surface area contributed by atoms with Crippen LogP contribution in [0.3, 0.4) is 0 Å². The first-order valence-corrected chi connectivity index (χ1v) is 5.02. The summed E-state index contributed by atoms with van der Waals surface area (Å²) in [4.78, 5) is 26.4. The van der Waals surface area contributed by atoms with Crippen LogP contribution < -0.4 is 0 Å². The molecule has 1 amide bonds. The van der Waals surface area contributed by atoms with E-state index in [0.29, 0.717) is 4.47 Å². The van der Waals surface area contributed by atoms with Crippen molar-refractivity contribution in [2.45, 2.75) is 0 Å². The number of benzene rings is 1. The first-order chi connectivity index (χ1) is 7.47. The van der Waals surface area contributed by atoms with Crippen LogP contribution in [-0.2, 0) is 4.84 Å². The highest BCUT2D eigenvalue weighted by atomic mass is 79.9. The highest BCUT2D eigenvalue weighted by Gasteiger charge is 2.18. The number of nitrogens with zero attached hydrogens (tertiary/aromatic N) is 2. The Bertz CT molecular complexity index is 436. The van der Waals surface area contributed by atoms with Gasteiger partial charge in [0.15, 0.2) is 0 Å². The van der Waals surface area contributed by atoms with Crippen molar-refractivity contribution < 1.29 is 14.6 Å². The quantitative estimate of drug-likeness (QED) is 0.630. The summed E-state index contributed by atoms with van der Waals surface area (Å²) in [5.74, 6) is -0.446. The van der Waals surface area contributed by atoms with Crippen molar-refractivity contribution in [3.63, 3.8) is 0 Å².